The van der Waals surface area contributed by atoms with Gasteiger partial charge in [-0.25, -0.2) is 8.42 Å². The molecule has 2 aromatic rings. The van der Waals surface area contributed by atoms with Crippen molar-refractivity contribution in [3.63, 3.8) is 0 Å². The molecule has 1 N–H and O–H groups in total. The van der Waals surface area contributed by atoms with Crippen LogP contribution in [0.25, 0.3) is 5.57 Å². The molecule has 1 unspecified atom stereocenters. The Labute approximate surface area is 217 Å². The molecule has 2 aromatic carbocycles. The number of ether oxygens (including phenoxy) is 2. The first-order valence-corrected chi connectivity index (χ1v) is 13.8. The Morgan fingerprint density at radius 2 is 1.78 bits per heavy atom. The first-order valence-electron chi connectivity index (χ1n) is 12.1. The molecule has 1 saturated heterocycles. The van der Waals surface area contributed by atoms with Gasteiger partial charge in [0.2, 0.25) is 6.19 Å². The second-order valence-electron chi connectivity index (χ2n) is 9.17. The summed E-state index contributed by atoms with van der Waals surface area (Å²) in [5.74, 6) is -0.354. The minimum Gasteiger partial charge on any atom is -0.469 e. The normalized spacial score (nSPS) is 19.9. The van der Waals surface area contributed by atoms with Gasteiger partial charge in [0.15, 0.2) is 9.84 Å². The number of rotatable bonds is 6. The first-order chi connectivity index (χ1) is 17.9. The van der Waals surface area contributed by atoms with Crippen molar-refractivity contribution in [3.8, 4) is 11.9 Å². The summed E-state index contributed by atoms with van der Waals surface area (Å²) in [6, 6.07) is 18.8. The van der Waals surface area contributed by atoms with Crippen LogP contribution in [0.5, 0.6) is 5.75 Å². The number of likely N-dealkylation sites (tertiary alicyclic amines) is 1. The van der Waals surface area contributed by atoms with Gasteiger partial charge in [-0.05, 0) is 36.1 Å². The Morgan fingerprint density at radius 1 is 1.14 bits per heavy atom. The molecule has 9 nitrogen and oxygen atoms in total. The average Bonchev–Trinajstić information content (AvgIpc) is 2.93. The zero-order chi connectivity index (χ0) is 26.3. The van der Waals surface area contributed by atoms with Crippen molar-refractivity contribution >= 4 is 27.4 Å². The number of methoxy groups -OCH3 is 1. The zero-order valence-electron chi connectivity index (χ0n) is 20.7. The third-order valence-electron chi connectivity index (χ3n) is 6.86. The van der Waals surface area contributed by atoms with Gasteiger partial charge in [0.25, 0.3) is 0 Å². The van der Waals surface area contributed by atoms with Gasteiger partial charge < -0.3 is 14.4 Å². The number of aliphatic imine (C=N–C) groups is 1. The molecule has 0 radical (unpaired) electrons. The monoisotopic (exact) mass is 522 g/mol. The molecule has 0 aromatic heterocycles. The summed E-state index contributed by atoms with van der Waals surface area (Å²) >= 11 is 0. The summed E-state index contributed by atoms with van der Waals surface area (Å²) in [6.07, 6.45) is 4.51. The number of hydrogen-bond donors (Lipinski definition) is 1. The second-order valence-corrected chi connectivity index (χ2v) is 11.4. The SMILES string of the molecule is COC(=O)C1(CS(=O)(=O)C2CC(c3ccccc3)=CCN2)CCN(C(=NC#N)Oc2ccccc2)CC1. The zero-order valence-corrected chi connectivity index (χ0v) is 21.5. The van der Waals surface area contributed by atoms with Crippen molar-refractivity contribution in [2.75, 3.05) is 32.5 Å². The lowest BCUT2D eigenvalue weighted by molar-refractivity contribution is -0.153. The van der Waals surface area contributed by atoms with Crippen LogP contribution in [0, 0.1) is 16.9 Å². The van der Waals surface area contributed by atoms with Crippen molar-refractivity contribution in [1.29, 1.82) is 5.26 Å². The van der Waals surface area contributed by atoms with E-state index in [-0.39, 0.29) is 37.7 Å². The number of nitrogens with zero attached hydrogens (tertiary/aromatic N) is 3. The van der Waals surface area contributed by atoms with Gasteiger partial charge in [-0.3, -0.25) is 10.1 Å². The minimum absolute atomic E-state index is 0.113. The fourth-order valence-corrected chi connectivity index (χ4v) is 7.00. The predicted molar refractivity (Wildman–Crippen MR) is 140 cm³/mol. The summed E-state index contributed by atoms with van der Waals surface area (Å²) in [4.78, 5) is 18.5. The molecule has 4 rings (SSSR count). The molecule has 37 heavy (non-hydrogen) atoms. The number of nitrogens with one attached hydrogen (secondary N) is 1. The first kappa shape index (κ1) is 26.4. The number of carbonyl (C=O) groups is 1. The van der Waals surface area contributed by atoms with Crippen LogP contribution in [0.15, 0.2) is 71.7 Å². The van der Waals surface area contributed by atoms with Crippen LogP contribution in [0.3, 0.4) is 0 Å². The minimum atomic E-state index is -3.72. The van der Waals surface area contributed by atoms with Crippen LogP contribution in [-0.4, -0.2) is 63.2 Å². The number of piperidine rings is 1. The molecule has 0 amide bonds. The van der Waals surface area contributed by atoms with E-state index < -0.39 is 26.6 Å². The van der Waals surface area contributed by atoms with Crippen LogP contribution in [0.4, 0.5) is 0 Å². The van der Waals surface area contributed by atoms with E-state index in [0.717, 1.165) is 11.1 Å². The van der Waals surface area contributed by atoms with E-state index in [9.17, 15) is 13.2 Å². The van der Waals surface area contributed by atoms with Gasteiger partial charge in [-0.2, -0.15) is 5.26 Å². The molecule has 0 aliphatic carbocycles. The van der Waals surface area contributed by atoms with E-state index in [2.05, 4.69) is 10.3 Å². The molecular weight excluding hydrogens is 492 g/mol. The highest BCUT2D eigenvalue weighted by Crippen LogP contribution is 2.37. The van der Waals surface area contributed by atoms with Crippen LogP contribution in [0.2, 0.25) is 0 Å². The van der Waals surface area contributed by atoms with Gasteiger partial charge >= 0.3 is 12.0 Å². The second kappa shape index (κ2) is 11.6. The van der Waals surface area contributed by atoms with Crippen LogP contribution >= 0.6 is 0 Å². The Bertz CT molecular complexity index is 1300. The third-order valence-corrected chi connectivity index (χ3v) is 9.02. The summed E-state index contributed by atoms with van der Waals surface area (Å²) in [7, 11) is -2.44. The fourth-order valence-electron chi connectivity index (χ4n) is 4.84. The molecule has 0 spiro atoms. The van der Waals surface area contributed by atoms with Crippen molar-refractivity contribution in [2.24, 2.45) is 10.4 Å². The Morgan fingerprint density at radius 3 is 2.41 bits per heavy atom. The molecule has 10 heteroatoms. The van der Waals surface area contributed by atoms with Crippen molar-refractivity contribution < 1.29 is 22.7 Å². The number of nitriles is 1. The summed E-state index contributed by atoms with van der Waals surface area (Å²) < 4.78 is 38.1. The van der Waals surface area contributed by atoms with E-state index in [1.165, 1.54) is 7.11 Å². The number of benzene rings is 2. The molecule has 2 aliphatic rings. The predicted octanol–water partition coefficient (Wildman–Crippen LogP) is 2.98. The van der Waals surface area contributed by atoms with Crippen molar-refractivity contribution in [2.45, 2.75) is 24.6 Å². The molecule has 1 atom stereocenters. The molecule has 0 saturated carbocycles. The number of para-hydroxylation sites is 1. The lowest BCUT2D eigenvalue weighted by atomic mass is 9.80. The number of esters is 1. The van der Waals surface area contributed by atoms with Gasteiger partial charge in [0, 0.05) is 26.1 Å². The van der Waals surface area contributed by atoms with Crippen molar-refractivity contribution in [1.82, 2.24) is 10.2 Å². The van der Waals surface area contributed by atoms with E-state index in [1.54, 1.807) is 35.4 Å². The van der Waals surface area contributed by atoms with Gasteiger partial charge in [0.05, 0.1) is 18.3 Å². The molecule has 0 bridgehead atoms. The maximum Gasteiger partial charge on any atom is 0.312 e. The van der Waals surface area contributed by atoms with Gasteiger partial charge in [0.1, 0.15) is 11.1 Å². The fraction of sp³-hybridized carbons (Fsp3) is 0.370. The maximum absolute atomic E-state index is 13.6. The van der Waals surface area contributed by atoms with Crippen LogP contribution in [0.1, 0.15) is 24.8 Å². The molecule has 1 fully saturated rings. The number of amidine groups is 1. The number of carbonyl (C=O) groups excluding carboxylic acids is 1. The van der Waals surface area contributed by atoms with E-state index in [0.29, 0.717) is 18.7 Å². The van der Waals surface area contributed by atoms with E-state index >= 15 is 0 Å². The van der Waals surface area contributed by atoms with E-state index in [1.807, 2.05) is 42.5 Å². The van der Waals surface area contributed by atoms with Crippen molar-refractivity contribution in [3.05, 3.63) is 72.3 Å². The highest BCUT2D eigenvalue weighted by Gasteiger charge is 2.48. The maximum atomic E-state index is 13.6. The van der Waals surface area contributed by atoms with Crippen LogP contribution < -0.4 is 10.1 Å². The lowest BCUT2D eigenvalue weighted by Crippen LogP contribution is -2.53. The molecule has 194 valence electrons. The average molecular weight is 523 g/mol. The smallest absolute Gasteiger partial charge is 0.312 e. The summed E-state index contributed by atoms with van der Waals surface area (Å²) in [6.45, 7) is 0.994. The topological polar surface area (TPSA) is 121 Å². The largest absolute Gasteiger partial charge is 0.469 e. The van der Waals surface area contributed by atoms with Gasteiger partial charge in [-0.15, -0.1) is 4.99 Å². The van der Waals surface area contributed by atoms with Crippen LogP contribution in [-0.2, 0) is 19.4 Å². The Kier molecular flexibility index (Phi) is 8.26. The van der Waals surface area contributed by atoms with E-state index in [4.69, 9.17) is 14.7 Å². The highest BCUT2D eigenvalue weighted by molar-refractivity contribution is 7.92. The molecule has 2 heterocycles. The molecule has 2 aliphatic heterocycles. The lowest BCUT2D eigenvalue weighted by Gasteiger charge is -2.40. The highest BCUT2D eigenvalue weighted by atomic mass is 32.2. The molecular formula is C27H30N4O5S. The quantitative estimate of drug-likeness (QED) is 0.266. The summed E-state index contributed by atoms with van der Waals surface area (Å²) in [5, 5.41) is 11.5. The standard InChI is InChI=1S/C27H30N4O5S/c1-35-25(32)27(13-16-31(17-14-27)26(30-20-28)36-23-10-6-3-7-11-23)19-37(33,34)24-18-22(12-15-29-24)21-8-4-2-5-9-21/h2-12,24,29H,13-19H2,1H3. The Hall–Kier alpha value is -3.68. The third kappa shape index (κ3) is 6.18. The number of hydrogen-bond acceptors (Lipinski definition) is 8. The number of sulfone groups is 1. The summed E-state index contributed by atoms with van der Waals surface area (Å²) in [5.41, 5.74) is 0.748. The Balaban J connectivity index is 1.49. The van der Waals surface area contributed by atoms with Gasteiger partial charge in [-0.1, -0.05) is 54.6 Å².